The van der Waals surface area contributed by atoms with Crippen molar-refractivity contribution in [1.29, 1.82) is 5.41 Å². The molecule has 0 bridgehead atoms. The van der Waals surface area contributed by atoms with E-state index in [-0.39, 0.29) is 18.4 Å². The van der Waals surface area contributed by atoms with Gasteiger partial charge in [-0.25, -0.2) is 18.7 Å². The Balaban J connectivity index is 1.58. The third-order valence-corrected chi connectivity index (χ3v) is 5.02. The maximum atomic E-state index is 13.1. The van der Waals surface area contributed by atoms with Gasteiger partial charge in [-0.05, 0) is 30.5 Å². The molecule has 0 aliphatic carbocycles. The maximum Gasteiger partial charge on any atom is 0.432 e. The van der Waals surface area contributed by atoms with Crippen LogP contribution in [-0.4, -0.2) is 44.6 Å². The fourth-order valence-electron chi connectivity index (χ4n) is 3.19. The van der Waals surface area contributed by atoms with Crippen molar-refractivity contribution in [3.63, 3.8) is 0 Å². The van der Waals surface area contributed by atoms with E-state index < -0.39 is 23.2 Å². The highest BCUT2D eigenvalue weighted by molar-refractivity contribution is 5.96. The van der Waals surface area contributed by atoms with Crippen LogP contribution in [0.4, 0.5) is 23.5 Å². The number of nitrogens with one attached hydrogen (secondary N) is 1. The van der Waals surface area contributed by atoms with Crippen molar-refractivity contribution in [3.05, 3.63) is 64.7 Å². The topological polar surface area (TPSA) is 112 Å². The second-order valence-electron chi connectivity index (χ2n) is 7.12. The number of allylic oxidation sites excluding steroid dienone is 1. The lowest BCUT2D eigenvalue weighted by molar-refractivity contribution is -0.620. The van der Waals surface area contributed by atoms with Gasteiger partial charge < -0.3 is 15.3 Å². The summed E-state index contributed by atoms with van der Waals surface area (Å²) in [7, 11) is 0. The number of aliphatic hydroxyl groups is 1. The summed E-state index contributed by atoms with van der Waals surface area (Å²) in [6.07, 6.45) is -1.16. The summed E-state index contributed by atoms with van der Waals surface area (Å²) in [5, 5.41) is 19.0. The zero-order valence-corrected chi connectivity index (χ0v) is 16.3. The fraction of sp³-hybridized carbons (Fsp3) is 0.368. The highest BCUT2D eigenvalue weighted by Crippen LogP contribution is 2.33. The molecule has 166 valence electrons. The zero-order valence-electron chi connectivity index (χ0n) is 16.3. The summed E-state index contributed by atoms with van der Waals surface area (Å²) >= 11 is 0. The molecule has 8 nitrogen and oxygen atoms in total. The molecule has 4 N–H and O–H groups in total. The minimum Gasteiger partial charge on any atom is -0.385 e. The summed E-state index contributed by atoms with van der Waals surface area (Å²) in [6.45, 7) is 0.711. The molecule has 3 rings (SSSR count). The third-order valence-electron chi connectivity index (χ3n) is 5.02. The summed E-state index contributed by atoms with van der Waals surface area (Å²) < 4.78 is 51.0. The molecule has 1 aliphatic heterocycles. The molecule has 0 unspecified atom stereocenters. The number of piperidine rings is 1. The third kappa shape index (κ3) is 5.52. The second-order valence-corrected chi connectivity index (χ2v) is 7.12. The molecule has 1 aliphatic rings. The molecular weight excluding hydrogens is 420 g/mol. The number of aromatic nitrogens is 3. The average Bonchev–Trinajstić information content (AvgIpc) is 2.72. The van der Waals surface area contributed by atoms with E-state index in [0.717, 1.165) is 10.8 Å². The van der Waals surface area contributed by atoms with Crippen molar-refractivity contribution in [1.82, 2.24) is 14.5 Å². The van der Waals surface area contributed by atoms with Gasteiger partial charge in [0.2, 0.25) is 5.95 Å². The summed E-state index contributed by atoms with van der Waals surface area (Å²) in [4.78, 5) is 22.0. The molecule has 0 radical (unpaired) electrons. The molecule has 1 saturated heterocycles. The maximum absolute atomic E-state index is 13.1. The van der Waals surface area contributed by atoms with Gasteiger partial charge in [0.1, 0.15) is 17.9 Å². The highest BCUT2D eigenvalue weighted by Gasteiger charge is 2.35. The average molecular weight is 441 g/mol. The van der Waals surface area contributed by atoms with Crippen molar-refractivity contribution in [3.8, 4) is 0 Å². The van der Waals surface area contributed by atoms with Crippen LogP contribution in [0.25, 0.3) is 0 Å². The van der Waals surface area contributed by atoms with Crippen molar-refractivity contribution in [2.75, 3.05) is 18.0 Å². The summed E-state index contributed by atoms with van der Waals surface area (Å²) in [6, 6.07) is 5.68. The van der Waals surface area contributed by atoms with Gasteiger partial charge in [-0.15, -0.1) is 0 Å². The fourth-order valence-corrected chi connectivity index (χ4v) is 3.19. The summed E-state index contributed by atoms with van der Waals surface area (Å²) in [5.74, 6) is -0.193. The smallest absolute Gasteiger partial charge is 0.385 e. The first-order valence-electron chi connectivity index (χ1n) is 9.41. The van der Waals surface area contributed by atoms with Crippen LogP contribution in [0.3, 0.4) is 0 Å². The van der Waals surface area contributed by atoms with Gasteiger partial charge >= 0.3 is 11.9 Å². The number of halogens is 4. The second kappa shape index (κ2) is 8.94. The van der Waals surface area contributed by atoms with Gasteiger partial charge in [0.15, 0.2) is 6.67 Å². The number of nitrogens with two attached hydrogens (primary N) is 1. The van der Waals surface area contributed by atoms with Crippen molar-refractivity contribution < 1.29 is 28.0 Å². The lowest BCUT2D eigenvalue weighted by Crippen LogP contribution is -2.78. The molecule has 0 amide bonds. The van der Waals surface area contributed by atoms with Crippen LogP contribution in [-0.2, 0) is 12.3 Å². The minimum atomic E-state index is -4.72. The highest BCUT2D eigenvalue weighted by atomic mass is 19.4. The molecule has 0 atom stereocenters. The van der Waals surface area contributed by atoms with Crippen LogP contribution in [0.1, 0.15) is 18.4 Å². The Bertz CT molecular complexity index is 1010. The molecular formula is C19H21F4N6O2+. The van der Waals surface area contributed by atoms with Crippen molar-refractivity contribution >= 4 is 11.7 Å². The molecule has 2 aromatic rings. The number of quaternary nitrogens is 1. The van der Waals surface area contributed by atoms with Crippen LogP contribution in [0.2, 0.25) is 0 Å². The zero-order chi connectivity index (χ0) is 22.6. The largest absolute Gasteiger partial charge is 0.432 e. The van der Waals surface area contributed by atoms with Crippen LogP contribution in [0.5, 0.6) is 0 Å². The predicted molar refractivity (Wildman–Crippen MR) is 103 cm³/mol. The van der Waals surface area contributed by atoms with E-state index >= 15 is 0 Å². The number of hydrogen-bond acceptors (Lipinski definition) is 6. The van der Waals surface area contributed by atoms with Gasteiger partial charge in [-0.3, -0.25) is 5.41 Å². The van der Waals surface area contributed by atoms with Gasteiger partial charge in [0, 0.05) is 19.2 Å². The molecule has 1 fully saturated rings. The van der Waals surface area contributed by atoms with E-state index in [9.17, 15) is 27.5 Å². The quantitative estimate of drug-likeness (QED) is 0.455. The van der Waals surface area contributed by atoms with Crippen LogP contribution in [0.15, 0.2) is 47.7 Å². The van der Waals surface area contributed by atoms with E-state index in [0.29, 0.717) is 37.6 Å². The van der Waals surface area contributed by atoms with E-state index in [4.69, 9.17) is 5.41 Å². The lowest BCUT2D eigenvalue weighted by atomic mass is 9.84. The first-order valence-corrected chi connectivity index (χ1v) is 9.41. The molecule has 31 heavy (non-hydrogen) atoms. The predicted octanol–water partition coefficient (Wildman–Crippen LogP) is 0.882. The number of nitrogens with zero attached hydrogens (tertiary/aromatic N) is 4. The Morgan fingerprint density at radius 3 is 2.48 bits per heavy atom. The normalized spacial score (nSPS) is 16.6. The van der Waals surface area contributed by atoms with E-state index in [1.807, 2.05) is 0 Å². The van der Waals surface area contributed by atoms with Crippen molar-refractivity contribution in [2.45, 2.75) is 31.3 Å². The minimum absolute atomic E-state index is 0.0505. The Kier molecular flexibility index (Phi) is 6.51. The number of alkyl halides is 3. The number of benzene rings is 1. The van der Waals surface area contributed by atoms with E-state index in [1.54, 1.807) is 17.0 Å². The van der Waals surface area contributed by atoms with E-state index in [2.05, 4.69) is 9.97 Å². The van der Waals surface area contributed by atoms with E-state index in [1.165, 1.54) is 23.8 Å². The molecule has 2 heterocycles. The number of hydrogen-bond donors (Lipinski definition) is 3. The van der Waals surface area contributed by atoms with Crippen LogP contribution >= 0.6 is 0 Å². The van der Waals surface area contributed by atoms with Crippen LogP contribution in [0, 0.1) is 11.2 Å². The first-order chi connectivity index (χ1) is 14.6. The molecule has 0 saturated carbocycles. The molecule has 0 spiro atoms. The Hall–Kier alpha value is -3.12. The molecule has 12 heteroatoms. The van der Waals surface area contributed by atoms with Gasteiger partial charge in [0.25, 0.3) is 0 Å². The number of anilines is 1. The Labute approximate surface area is 174 Å². The molecule has 1 aromatic heterocycles. The van der Waals surface area contributed by atoms with Crippen molar-refractivity contribution in [2.24, 2.45) is 0 Å². The van der Waals surface area contributed by atoms with Gasteiger partial charge in [-0.1, -0.05) is 12.1 Å². The Morgan fingerprint density at radius 2 is 1.90 bits per heavy atom. The van der Waals surface area contributed by atoms with Gasteiger partial charge in [-0.2, -0.15) is 18.2 Å². The monoisotopic (exact) mass is 441 g/mol. The first kappa shape index (κ1) is 22.6. The summed E-state index contributed by atoms with van der Waals surface area (Å²) in [5.41, 5.74) is -2.61. The van der Waals surface area contributed by atoms with Crippen LogP contribution < -0.4 is 15.9 Å². The van der Waals surface area contributed by atoms with Gasteiger partial charge in [0.05, 0.1) is 11.8 Å². The Morgan fingerprint density at radius 1 is 1.26 bits per heavy atom. The molecule has 1 aromatic carbocycles. The lowest BCUT2D eigenvalue weighted by Gasteiger charge is -2.38. The number of rotatable bonds is 6. The standard InChI is InChI=1S/C19H20F4N6O2/c20-14-3-1-13(2-4-14)18(31)6-9-28(10-7-18)16-26-12-29(17(30)27-16)11-25-8-5-15(24)19(21,22)23/h1-5,8,12,24-25,31H,6-7,9-11H2/p+1/b8-5-,24-15?. The SMILES string of the molecule is N=C(/C=C\[NH2+]Cn1cnc(N2CCC(O)(c3ccc(F)cc3)CC2)nc1=O)C(F)(F)F.